The summed E-state index contributed by atoms with van der Waals surface area (Å²) in [6.07, 6.45) is 5.32. The number of methoxy groups -OCH3 is 1. The highest BCUT2D eigenvalue weighted by Gasteiger charge is 2.07. The molecular weight excluding hydrogens is 265 g/mol. The molecule has 0 aliphatic rings. The average molecular weight is 279 g/mol. The molecule has 2 nitrogen and oxygen atoms in total. The minimum atomic E-state index is 0.405. The Hall–Kier alpha value is -0.120. The lowest BCUT2D eigenvalue weighted by atomic mass is 10.1. The molecule has 1 heterocycles. The quantitative estimate of drug-likeness (QED) is 0.772. The first kappa shape index (κ1) is 12.0. The molecule has 0 fully saturated rings. The van der Waals surface area contributed by atoms with Gasteiger partial charge in [-0.15, -0.1) is 0 Å². The second-order valence-electron chi connectivity index (χ2n) is 3.05. The van der Waals surface area contributed by atoms with Gasteiger partial charge in [-0.3, -0.25) is 4.98 Å². The van der Waals surface area contributed by atoms with Crippen molar-refractivity contribution < 1.29 is 4.74 Å². The summed E-state index contributed by atoms with van der Waals surface area (Å²) in [5, 5.41) is 0.731. The fourth-order valence-corrected chi connectivity index (χ4v) is 1.89. The molecule has 1 aromatic rings. The Morgan fingerprint density at radius 1 is 1.64 bits per heavy atom. The molecule has 78 valence electrons. The van der Waals surface area contributed by atoms with Crippen molar-refractivity contribution in [2.45, 2.75) is 17.7 Å². The van der Waals surface area contributed by atoms with Crippen LogP contribution in [0.25, 0.3) is 0 Å². The Bertz CT molecular complexity index is 283. The SMILES string of the molecule is COCCC(Br)Cc1ccncc1Cl. The molecule has 0 aromatic carbocycles. The first-order chi connectivity index (χ1) is 6.74. The van der Waals surface area contributed by atoms with Gasteiger partial charge in [-0.25, -0.2) is 0 Å². The van der Waals surface area contributed by atoms with Gasteiger partial charge in [-0.2, -0.15) is 0 Å². The molecular formula is C10H13BrClNO. The number of aromatic nitrogens is 1. The highest BCUT2D eigenvalue weighted by Crippen LogP contribution is 2.19. The number of rotatable bonds is 5. The van der Waals surface area contributed by atoms with Crippen molar-refractivity contribution in [2.75, 3.05) is 13.7 Å². The summed E-state index contributed by atoms with van der Waals surface area (Å²) in [5.41, 5.74) is 1.12. The van der Waals surface area contributed by atoms with E-state index in [1.807, 2.05) is 6.07 Å². The van der Waals surface area contributed by atoms with Crippen molar-refractivity contribution in [3.63, 3.8) is 0 Å². The summed E-state index contributed by atoms with van der Waals surface area (Å²) < 4.78 is 5.01. The molecule has 0 aliphatic carbocycles. The zero-order chi connectivity index (χ0) is 10.4. The van der Waals surface area contributed by atoms with Gasteiger partial charge in [-0.1, -0.05) is 27.5 Å². The van der Waals surface area contributed by atoms with E-state index in [0.717, 1.165) is 30.0 Å². The van der Waals surface area contributed by atoms with Crippen LogP contribution in [0.1, 0.15) is 12.0 Å². The highest BCUT2D eigenvalue weighted by atomic mass is 79.9. The van der Waals surface area contributed by atoms with Gasteiger partial charge in [0.25, 0.3) is 0 Å². The summed E-state index contributed by atoms with van der Waals surface area (Å²) in [4.78, 5) is 4.35. The van der Waals surface area contributed by atoms with Crippen molar-refractivity contribution in [1.29, 1.82) is 0 Å². The third kappa shape index (κ3) is 3.95. The molecule has 0 N–H and O–H groups in total. The molecule has 0 saturated heterocycles. The summed E-state index contributed by atoms with van der Waals surface area (Å²) in [6.45, 7) is 0.763. The van der Waals surface area contributed by atoms with Crippen LogP contribution < -0.4 is 0 Å². The topological polar surface area (TPSA) is 22.1 Å². The smallest absolute Gasteiger partial charge is 0.0621 e. The standard InChI is InChI=1S/C10H13BrClNO/c1-14-5-3-9(11)6-8-2-4-13-7-10(8)12/h2,4,7,9H,3,5-6H2,1H3. The van der Waals surface area contributed by atoms with E-state index in [-0.39, 0.29) is 0 Å². The van der Waals surface area contributed by atoms with E-state index in [4.69, 9.17) is 16.3 Å². The number of hydrogen-bond donors (Lipinski definition) is 0. The van der Waals surface area contributed by atoms with Gasteiger partial charge >= 0.3 is 0 Å². The third-order valence-electron chi connectivity index (χ3n) is 1.93. The Morgan fingerprint density at radius 2 is 2.43 bits per heavy atom. The number of hydrogen-bond acceptors (Lipinski definition) is 2. The van der Waals surface area contributed by atoms with E-state index >= 15 is 0 Å². The maximum atomic E-state index is 5.99. The minimum Gasteiger partial charge on any atom is -0.385 e. The van der Waals surface area contributed by atoms with E-state index in [1.54, 1.807) is 19.5 Å². The molecule has 0 spiro atoms. The summed E-state index contributed by atoms with van der Waals surface area (Å²) >= 11 is 9.58. The van der Waals surface area contributed by atoms with Gasteiger partial charge in [0.15, 0.2) is 0 Å². The van der Waals surface area contributed by atoms with E-state index in [2.05, 4.69) is 20.9 Å². The Morgan fingerprint density at radius 3 is 3.07 bits per heavy atom. The van der Waals surface area contributed by atoms with Gasteiger partial charge in [0.05, 0.1) is 5.02 Å². The van der Waals surface area contributed by atoms with Crippen LogP contribution in [0, 0.1) is 0 Å². The molecule has 4 heteroatoms. The van der Waals surface area contributed by atoms with Gasteiger partial charge in [0, 0.05) is 30.9 Å². The van der Waals surface area contributed by atoms with Gasteiger partial charge in [-0.05, 0) is 24.5 Å². The van der Waals surface area contributed by atoms with Crippen LogP contribution in [-0.4, -0.2) is 23.5 Å². The van der Waals surface area contributed by atoms with Gasteiger partial charge in [0.1, 0.15) is 0 Å². The Balaban J connectivity index is 2.47. The molecule has 0 aliphatic heterocycles. The number of nitrogens with zero attached hydrogens (tertiary/aromatic N) is 1. The zero-order valence-corrected chi connectivity index (χ0v) is 10.4. The molecule has 1 rings (SSSR count). The van der Waals surface area contributed by atoms with Crippen molar-refractivity contribution >= 4 is 27.5 Å². The van der Waals surface area contributed by atoms with Crippen LogP contribution in [0.3, 0.4) is 0 Å². The monoisotopic (exact) mass is 277 g/mol. The maximum Gasteiger partial charge on any atom is 0.0621 e. The lowest BCUT2D eigenvalue weighted by Crippen LogP contribution is -2.06. The maximum absolute atomic E-state index is 5.99. The van der Waals surface area contributed by atoms with E-state index in [9.17, 15) is 0 Å². The lowest BCUT2D eigenvalue weighted by molar-refractivity contribution is 0.194. The lowest BCUT2D eigenvalue weighted by Gasteiger charge is -2.09. The molecule has 1 aromatic heterocycles. The Kier molecular flexibility index (Phi) is 5.45. The van der Waals surface area contributed by atoms with Crippen LogP contribution in [-0.2, 0) is 11.2 Å². The van der Waals surface area contributed by atoms with Crippen molar-refractivity contribution in [2.24, 2.45) is 0 Å². The van der Waals surface area contributed by atoms with Crippen molar-refractivity contribution in [1.82, 2.24) is 4.98 Å². The predicted octanol–water partition coefficient (Wildman–Crippen LogP) is 3.08. The number of pyridine rings is 1. The fraction of sp³-hybridized carbons (Fsp3) is 0.500. The summed E-state index contributed by atoms with van der Waals surface area (Å²) in [7, 11) is 1.71. The Labute approximate surface area is 97.8 Å². The van der Waals surface area contributed by atoms with Crippen molar-refractivity contribution in [3.05, 3.63) is 29.0 Å². The fourth-order valence-electron chi connectivity index (χ4n) is 1.16. The normalized spacial score (nSPS) is 12.8. The summed E-state index contributed by atoms with van der Waals surface area (Å²) in [6, 6.07) is 1.95. The summed E-state index contributed by atoms with van der Waals surface area (Å²) in [5.74, 6) is 0. The number of halogens is 2. The van der Waals surface area contributed by atoms with Gasteiger partial charge < -0.3 is 4.74 Å². The molecule has 0 amide bonds. The number of ether oxygens (including phenoxy) is 1. The van der Waals surface area contributed by atoms with Crippen LogP contribution in [0.5, 0.6) is 0 Å². The molecule has 0 radical (unpaired) electrons. The van der Waals surface area contributed by atoms with Crippen LogP contribution in [0.4, 0.5) is 0 Å². The largest absolute Gasteiger partial charge is 0.385 e. The first-order valence-electron chi connectivity index (χ1n) is 4.45. The zero-order valence-electron chi connectivity index (χ0n) is 8.04. The predicted molar refractivity (Wildman–Crippen MR) is 62.2 cm³/mol. The average Bonchev–Trinajstić information content (AvgIpc) is 2.18. The first-order valence-corrected chi connectivity index (χ1v) is 5.74. The molecule has 14 heavy (non-hydrogen) atoms. The minimum absolute atomic E-state index is 0.405. The highest BCUT2D eigenvalue weighted by molar-refractivity contribution is 9.09. The van der Waals surface area contributed by atoms with E-state index < -0.39 is 0 Å². The second-order valence-corrected chi connectivity index (χ2v) is 4.75. The third-order valence-corrected chi connectivity index (χ3v) is 3.05. The molecule has 1 unspecified atom stereocenters. The molecule has 0 saturated carbocycles. The number of alkyl halides is 1. The van der Waals surface area contributed by atoms with E-state index in [0.29, 0.717) is 4.83 Å². The van der Waals surface area contributed by atoms with Crippen LogP contribution in [0.15, 0.2) is 18.5 Å². The van der Waals surface area contributed by atoms with E-state index in [1.165, 1.54) is 0 Å². The molecule has 1 atom stereocenters. The van der Waals surface area contributed by atoms with Crippen molar-refractivity contribution in [3.8, 4) is 0 Å². The van der Waals surface area contributed by atoms with Crippen LogP contribution in [0.2, 0.25) is 5.02 Å². The van der Waals surface area contributed by atoms with Crippen LogP contribution >= 0.6 is 27.5 Å². The second kappa shape index (κ2) is 6.38. The molecule has 0 bridgehead atoms. The van der Waals surface area contributed by atoms with Gasteiger partial charge in [0.2, 0.25) is 0 Å².